The topological polar surface area (TPSA) is 66.4 Å². The molecule has 0 spiro atoms. The molecule has 2 N–H and O–H groups in total. The molecule has 0 aromatic heterocycles. The number of rotatable bonds is 3. The fraction of sp³-hybridized carbons (Fsp3) is 0.375. The van der Waals surface area contributed by atoms with Crippen LogP contribution in [0.3, 0.4) is 0 Å². The third kappa shape index (κ3) is 2.90. The number of carbonyl (C=O) groups excluding carboxylic acids is 1. The fourth-order valence-corrected chi connectivity index (χ4v) is 2.60. The largest absolute Gasteiger partial charge is 0.481 e. The third-order valence-electron chi connectivity index (χ3n) is 3.82. The molecule has 0 unspecified atom stereocenters. The molecular formula is C16H19NO3. The van der Waals surface area contributed by atoms with Gasteiger partial charge in [0.1, 0.15) is 0 Å². The maximum absolute atomic E-state index is 12.4. The van der Waals surface area contributed by atoms with Crippen LogP contribution in [0.2, 0.25) is 0 Å². The number of aliphatic carboxylic acids is 1. The Balaban J connectivity index is 2.19. The average molecular weight is 273 g/mol. The van der Waals surface area contributed by atoms with E-state index in [0.29, 0.717) is 12.8 Å². The smallest absolute Gasteiger partial charge is 0.307 e. The number of carboxylic acids is 1. The maximum Gasteiger partial charge on any atom is 0.307 e. The highest BCUT2D eigenvalue weighted by Crippen LogP contribution is 2.28. The van der Waals surface area contributed by atoms with Crippen molar-refractivity contribution in [1.29, 1.82) is 0 Å². The van der Waals surface area contributed by atoms with Crippen molar-refractivity contribution in [2.45, 2.75) is 26.7 Å². The van der Waals surface area contributed by atoms with Crippen molar-refractivity contribution in [1.82, 2.24) is 0 Å². The summed E-state index contributed by atoms with van der Waals surface area (Å²) in [5, 5.41) is 12.1. The van der Waals surface area contributed by atoms with E-state index in [-0.39, 0.29) is 5.91 Å². The molecule has 0 bridgehead atoms. The fourth-order valence-electron chi connectivity index (χ4n) is 2.60. The summed E-state index contributed by atoms with van der Waals surface area (Å²) in [5.74, 6) is -2.25. The van der Waals surface area contributed by atoms with Crippen LogP contribution in [-0.2, 0) is 9.59 Å². The Hall–Kier alpha value is -2.10. The number of amides is 1. The van der Waals surface area contributed by atoms with Gasteiger partial charge >= 0.3 is 5.97 Å². The molecule has 1 aromatic carbocycles. The molecule has 0 saturated carbocycles. The Bertz CT molecular complexity index is 543. The molecule has 4 nitrogen and oxygen atoms in total. The molecule has 2 rings (SSSR count). The van der Waals surface area contributed by atoms with E-state index in [1.54, 1.807) is 0 Å². The normalized spacial score (nSPS) is 21.5. The van der Waals surface area contributed by atoms with Gasteiger partial charge in [0, 0.05) is 5.69 Å². The number of hydrogen-bond donors (Lipinski definition) is 2. The molecule has 1 aromatic rings. The van der Waals surface area contributed by atoms with Crippen molar-refractivity contribution in [3.63, 3.8) is 0 Å². The first kappa shape index (κ1) is 14.3. The third-order valence-corrected chi connectivity index (χ3v) is 3.82. The molecule has 106 valence electrons. The highest BCUT2D eigenvalue weighted by atomic mass is 16.4. The van der Waals surface area contributed by atoms with Gasteiger partial charge < -0.3 is 10.4 Å². The number of carbonyl (C=O) groups is 2. The summed E-state index contributed by atoms with van der Waals surface area (Å²) in [5.41, 5.74) is 2.75. The van der Waals surface area contributed by atoms with Crippen molar-refractivity contribution in [2.24, 2.45) is 11.8 Å². The number of nitrogens with one attached hydrogen (secondary N) is 1. The Labute approximate surface area is 118 Å². The van der Waals surface area contributed by atoms with Crippen LogP contribution in [0.15, 0.2) is 30.4 Å². The van der Waals surface area contributed by atoms with Crippen LogP contribution in [0.4, 0.5) is 5.69 Å². The minimum atomic E-state index is -0.906. The number of allylic oxidation sites excluding steroid dienone is 2. The second-order valence-corrected chi connectivity index (χ2v) is 5.25. The molecule has 20 heavy (non-hydrogen) atoms. The first-order valence-electron chi connectivity index (χ1n) is 6.75. The van der Waals surface area contributed by atoms with Gasteiger partial charge in [-0.15, -0.1) is 0 Å². The summed E-state index contributed by atoms with van der Waals surface area (Å²) in [6.45, 7) is 3.86. The molecule has 0 fully saturated rings. The maximum atomic E-state index is 12.4. The van der Waals surface area contributed by atoms with Gasteiger partial charge in [-0.25, -0.2) is 0 Å². The Kier molecular flexibility index (Phi) is 4.23. The van der Waals surface area contributed by atoms with Crippen molar-refractivity contribution >= 4 is 17.6 Å². The summed E-state index contributed by atoms with van der Waals surface area (Å²) in [6, 6.07) is 5.79. The van der Waals surface area contributed by atoms with Crippen LogP contribution in [0, 0.1) is 25.7 Å². The van der Waals surface area contributed by atoms with E-state index in [1.807, 2.05) is 44.2 Å². The molecule has 1 aliphatic carbocycles. The van der Waals surface area contributed by atoms with Gasteiger partial charge in [0.15, 0.2) is 0 Å². The lowest BCUT2D eigenvalue weighted by Crippen LogP contribution is -2.35. The van der Waals surface area contributed by atoms with Crippen molar-refractivity contribution in [2.75, 3.05) is 5.32 Å². The summed E-state index contributed by atoms with van der Waals surface area (Å²) >= 11 is 0. The molecule has 0 radical (unpaired) electrons. The van der Waals surface area contributed by atoms with Gasteiger partial charge in [-0.05, 0) is 37.8 Å². The quantitative estimate of drug-likeness (QED) is 0.832. The van der Waals surface area contributed by atoms with Crippen LogP contribution in [0.5, 0.6) is 0 Å². The summed E-state index contributed by atoms with van der Waals surface area (Å²) in [6.07, 6.45) is 4.61. The zero-order chi connectivity index (χ0) is 14.7. The summed E-state index contributed by atoms with van der Waals surface area (Å²) in [4.78, 5) is 23.6. The van der Waals surface area contributed by atoms with Gasteiger partial charge in [0.05, 0.1) is 11.8 Å². The number of aryl methyl sites for hydroxylation is 2. The lowest BCUT2D eigenvalue weighted by molar-refractivity contribution is -0.146. The molecule has 4 heteroatoms. The Morgan fingerprint density at radius 1 is 1.10 bits per heavy atom. The van der Waals surface area contributed by atoms with Gasteiger partial charge in [-0.2, -0.15) is 0 Å². The van der Waals surface area contributed by atoms with Crippen molar-refractivity contribution in [3.8, 4) is 0 Å². The number of para-hydroxylation sites is 1. The lowest BCUT2D eigenvalue weighted by atomic mass is 9.82. The number of carboxylic acid groups (broad SMARTS) is 1. The van der Waals surface area contributed by atoms with E-state index < -0.39 is 17.8 Å². The molecular weight excluding hydrogens is 254 g/mol. The monoisotopic (exact) mass is 273 g/mol. The van der Waals surface area contributed by atoms with Crippen LogP contribution >= 0.6 is 0 Å². The molecule has 2 atom stereocenters. The van der Waals surface area contributed by atoms with Crippen molar-refractivity contribution in [3.05, 3.63) is 41.5 Å². The van der Waals surface area contributed by atoms with E-state index in [4.69, 9.17) is 0 Å². The molecule has 1 amide bonds. The predicted octanol–water partition coefficient (Wildman–Crippen LogP) is 2.91. The first-order valence-corrected chi connectivity index (χ1v) is 6.75. The van der Waals surface area contributed by atoms with E-state index >= 15 is 0 Å². The SMILES string of the molecule is Cc1cccc(C)c1NC(=O)[C@@H]1CC=CC[C@@H]1C(=O)O. The summed E-state index contributed by atoms with van der Waals surface area (Å²) in [7, 11) is 0. The zero-order valence-electron chi connectivity index (χ0n) is 11.7. The van der Waals surface area contributed by atoms with E-state index in [9.17, 15) is 14.7 Å². The standard InChI is InChI=1S/C16H19NO3/c1-10-6-5-7-11(2)14(10)17-15(18)12-8-3-4-9-13(12)16(19)20/h3-7,12-13H,8-9H2,1-2H3,(H,17,18)(H,19,20)/t12-,13+/m1/s1. The van der Waals surface area contributed by atoms with Gasteiger partial charge in [-0.3, -0.25) is 9.59 Å². The summed E-state index contributed by atoms with van der Waals surface area (Å²) < 4.78 is 0. The number of anilines is 1. The average Bonchev–Trinajstić information content (AvgIpc) is 2.43. The van der Waals surface area contributed by atoms with Gasteiger partial charge in [0.2, 0.25) is 5.91 Å². The van der Waals surface area contributed by atoms with Gasteiger partial charge in [0.25, 0.3) is 0 Å². The molecule has 1 aliphatic rings. The van der Waals surface area contributed by atoms with E-state index in [1.165, 1.54) is 0 Å². The minimum Gasteiger partial charge on any atom is -0.481 e. The number of benzene rings is 1. The van der Waals surface area contributed by atoms with Crippen molar-refractivity contribution < 1.29 is 14.7 Å². The van der Waals surface area contributed by atoms with Gasteiger partial charge in [-0.1, -0.05) is 30.4 Å². The van der Waals surface area contributed by atoms with Crippen LogP contribution in [-0.4, -0.2) is 17.0 Å². The molecule has 0 heterocycles. The lowest BCUT2D eigenvalue weighted by Gasteiger charge is -2.25. The second kappa shape index (κ2) is 5.90. The molecule has 0 aliphatic heterocycles. The first-order chi connectivity index (χ1) is 9.50. The Morgan fingerprint density at radius 2 is 1.65 bits per heavy atom. The minimum absolute atomic E-state index is 0.209. The highest BCUT2D eigenvalue weighted by Gasteiger charge is 2.34. The highest BCUT2D eigenvalue weighted by molar-refractivity contribution is 5.96. The van der Waals surface area contributed by atoms with Crippen LogP contribution in [0.1, 0.15) is 24.0 Å². The van der Waals surface area contributed by atoms with Crippen LogP contribution in [0.25, 0.3) is 0 Å². The van der Waals surface area contributed by atoms with E-state index in [2.05, 4.69) is 5.32 Å². The zero-order valence-corrected chi connectivity index (χ0v) is 11.7. The second-order valence-electron chi connectivity index (χ2n) is 5.25. The predicted molar refractivity (Wildman–Crippen MR) is 77.5 cm³/mol. The van der Waals surface area contributed by atoms with E-state index in [0.717, 1.165) is 16.8 Å². The van der Waals surface area contributed by atoms with Crippen LogP contribution < -0.4 is 5.32 Å². The Morgan fingerprint density at radius 3 is 2.20 bits per heavy atom. The number of hydrogen-bond acceptors (Lipinski definition) is 2. The molecule has 0 saturated heterocycles.